The number of phosphoric acid groups is 1. The van der Waals surface area contributed by atoms with Crippen molar-refractivity contribution in [2.24, 2.45) is 0 Å². The third kappa shape index (κ3) is 110. The zero-order valence-corrected chi connectivity index (χ0v) is 7.28. The predicted octanol–water partition coefficient (Wildman–Crippen LogP) is -5.83. The second kappa shape index (κ2) is 8.81. The van der Waals surface area contributed by atoms with Crippen LogP contribution in [0.3, 0.4) is 0 Å². The van der Waals surface area contributed by atoms with E-state index in [0.717, 1.165) is 0 Å². The van der Waals surface area contributed by atoms with Crippen molar-refractivity contribution in [1.29, 1.82) is 0 Å². The minimum atomic E-state index is -5.39. The molecular formula is FeLiO4PV. The summed E-state index contributed by atoms with van der Waals surface area (Å²) < 4.78 is 8.55. The van der Waals surface area contributed by atoms with Crippen LogP contribution in [0.4, 0.5) is 0 Å². The van der Waals surface area contributed by atoms with E-state index in [1.807, 2.05) is 0 Å². The summed E-state index contributed by atoms with van der Waals surface area (Å²) in [5.41, 5.74) is 0. The van der Waals surface area contributed by atoms with Crippen molar-refractivity contribution in [3.63, 3.8) is 0 Å². The van der Waals surface area contributed by atoms with E-state index in [0.29, 0.717) is 0 Å². The second-order valence-electron chi connectivity index (χ2n) is 0.447. The zero-order chi connectivity index (χ0) is 4.50. The molecule has 0 N–H and O–H groups in total. The van der Waals surface area contributed by atoms with E-state index in [1.54, 1.807) is 0 Å². The maximum atomic E-state index is 8.55. The van der Waals surface area contributed by atoms with Gasteiger partial charge in [0.15, 0.2) is 0 Å². The van der Waals surface area contributed by atoms with Crippen molar-refractivity contribution < 1.29 is 73.7 Å². The van der Waals surface area contributed by atoms with E-state index in [-0.39, 0.29) is 54.5 Å². The van der Waals surface area contributed by atoms with E-state index in [9.17, 15) is 0 Å². The van der Waals surface area contributed by atoms with Crippen LogP contribution in [-0.4, -0.2) is 0 Å². The van der Waals surface area contributed by atoms with Crippen LogP contribution in [0, 0.1) is 0 Å². The second-order valence-corrected chi connectivity index (χ2v) is 1.34. The van der Waals surface area contributed by atoms with Crippen molar-refractivity contribution in [3.8, 4) is 0 Å². The number of hydrogen-bond donors (Lipinski definition) is 0. The van der Waals surface area contributed by atoms with Crippen LogP contribution in [0.2, 0.25) is 0 Å². The average Bonchev–Trinajstić information content (AvgIpc) is 0.722. The first-order valence-corrected chi connectivity index (χ1v) is 2.19. The molecule has 0 aromatic heterocycles. The van der Waals surface area contributed by atoms with Crippen molar-refractivity contribution in [1.82, 2.24) is 0 Å². The minimum absolute atomic E-state index is 0. The van der Waals surface area contributed by atoms with Gasteiger partial charge in [-0.3, -0.25) is 0 Å². The van der Waals surface area contributed by atoms with E-state index >= 15 is 0 Å². The van der Waals surface area contributed by atoms with Gasteiger partial charge in [0.2, 0.25) is 0 Å². The SMILES string of the molecule is O=P([O-])([O-])[O-].[Fe+2].[Li+].[V]. The van der Waals surface area contributed by atoms with Gasteiger partial charge in [0.05, 0.1) is 0 Å². The monoisotopic (exact) mass is 209 g/mol. The zero-order valence-electron chi connectivity index (χ0n) is 3.88. The third-order valence-electron chi connectivity index (χ3n) is 0. The van der Waals surface area contributed by atoms with Crippen LogP contribution in [0.5, 0.6) is 0 Å². The normalized spacial score (nSPS) is 7.38. The molecule has 8 heavy (non-hydrogen) atoms. The molecule has 8 heteroatoms. The first-order chi connectivity index (χ1) is 2.00. The molecule has 0 aromatic carbocycles. The van der Waals surface area contributed by atoms with Gasteiger partial charge in [0.1, 0.15) is 0 Å². The van der Waals surface area contributed by atoms with Crippen molar-refractivity contribution >= 4 is 7.82 Å². The standard InChI is InChI=1S/Fe.Li.H3O4P.V/c;;1-5(2,3)4;/h;;(H3,1,2,3,4);/q+2;+1;;/p-3. The Labute approximate surface area is 81.2 Å². The predicted molar refractivity (Wildman–Crippen MR) is 7.61 cm³/mol. The molecule has 0 rings (SSSR count). The van der Waals surface area contributed by atoms with E-state index < -0.39 is 7.82 Å². The summed E-state index contributed by atoms with van der Waals surface area (Å²) in [6.45, 7) is 0. The van der Waals surface area contributed by atoms with Crippen LogP contribution in [0.1, 0.15) is 0 Å². The Balaban J connectivity index is -0.0000000267. The molecule has 0 atom stereocenters. The fraction of sp³-hybridized carbons (Fsp3) is 0. The van der Waals surface area contributed by atoms with Gasteiger partial charge in [0, 0.05) is 18.6 Å². The molecule has 0 bridgehead atoms. The summed E-state index contributed by atoms with van der Waals surface area (Å²) in [6, 6.07) is 0. The Morgan fingerprint density at radius 2 is 1.12 bits per heavy atom. The largest absolute Gasteiger partial charge is 2.00 e. The van der Waals surface area contributed by atoms with Gasteiger partial charge in [0.25, 0.3) is 0 Å². The average molecular weight is 209 g/mol. The van der Waals surface area contributed by atoms with Gasteiger partial charge in [-0.15, -0.1) is 0 Å². The maximum Gasteiger partial charge on any atom is 2.00 e. The Kier molecular flexibility index (Phi) is 24.8. The van der Waals surface area contributed by atoms with Crippen LogP contribution >= 0.6 is 7.82 Å². The molecule has 0 saturated carbocycles. The molecular weight excluding hydrogens is 209 g/mol. The fourth-order valence-electron chi connectivity index (χ4n) is 0. The topological polar surface area (TPSA) is 86.2 Å². The van der Waals surface area contributed by atoms with Gasteiger partial charge < -0.3 is 19.2 Å². The summed E-state index contributed by atoms with van der Waals surface area (Å²) in [5, 5.41) is 0. The first kappa shape index (κ1) is 22.6. The summed E-state index contributed by atoms with van der Waals surface area (Å²) in [7, 11) is -5.39. The molecule has 0 aliphatic heterocycles. The molecule has 0 spiro atoms. The molecule has 1 radical (unpaired) electrons. The molecule has 0 aliphatic rings. The molecule has 0 aromatic rings. The molecule has 4 nitrogen and oxygen atoms in total. The van der Waals surface area contributed by atoms with Crippen molar-refractivity contribution in [2.45, 2.75) is 0 Å². The molecule has 0 saturated heterocycles. The number of rotatable bonds is 0. The quantitative estimate of drug-likeness (QED) is 0.293. The fourth-order valence-corrected chi connectivity index (χ4v) is 0. The molecule has 43 valence electrons. The summed E-state index contributed by atoms with van der Waals surface area (Å²) in [6.07, 6.45) is 0. The van der Waals surface area contributed by atoms with Crippen molar-refractivity contribution in [2.75, 3.05) is 0 Å². The van der Waals surface area contributed by atoms with E-state index in [4.69, 9.17) is 19.2 Å². The Morgan fingerprint density at radius 3 is 1.12 bits per heavy atom. The third-order valence-corrected chi connectivity index (χ3v) is 0. The Bertz CT molecular complexity index is 62.2. The van der Waals surface area contributed by atoms with E-state index in [1.165, 1.54) is 0 Å². The van der Waals surface area contributed by atoms with E-state index in [2.05, 4.69) is 0 Å². The van der Waals surface area contributed by atoms with Gasteiger partial charge in [-0.25, -0.2) is 0 Å². The van der Waals surface area contributed by atoms with Crippen molar-refractivity contribution in [3.05, 3.63) is 0 Å². The number of hydrogen-bond acceptors (Lipinski definition) is 4. The molecule has 0 fully saturated rings. The Hall–Kier alpha value is 1.81. The molecule has 0 aliphatic carbocycles. The van der Waals surface area contributed by atoms with Crippen LogP contribution in [0.25, 0.3) is 0 Å². The molecule has 0 amide bonds. The van der Waals surface area contributed by atoms with Crippen LogP contribution in [0.15, 0.2) is 0 Å². The minimum Gasteiger partial charge on any atom is -0.822 e. The van der Waals surface area contributed by atoms with Gasteiger partial charge in [-0.05, 0) is 0 Å². The van der Waals surface area contributed by atoms with Crippen LogP contribution in [-0.2, 0) is 40.2 Å². The molecule has 0 unspecified atom stereocenters. The molecule has 0 heterocycles. The maximum absolute atomic E-state index is 8.55. The smallest absolute Gasteiger partial charge is 0.822 e. The summed E-state index contributed by atoms with van der Waals surface area (Å²) in [4.78, 5) is 25.6. The summed E-state index contributed by atoms with van der Waals surface area (Å²) in [5.74, 6) is 0. The van der Waals surface area contributed by atoms with Crippen LogP contribution < -0.4 is 33.5 Å². The van der Waals surface area contributed by atoms with Gasteiger partial charge in [-0.1, -0.05) is 0 Å². The Morgan fingerprint density at radius 1 is 1.12 bits per heavy atom. The van der Waals surface area contributed by atoms with Gasteiger partial charge in [-0.2, -0.15) is 7.82 Å². The van der Waals surface area contributed by atoms with Gasteiger partial charge >= 0.3 is 35.9 Å². The first-order valence-electron chi connectivity index (χ1n) is 0.730. The summed E-state index contributed by atoms with van der Waals surface area (Å²) >= 11 is 0.